The molecule has 1 fully saturated rings. The molecule has 1 heterocycles. The molecule has 0 radical (unpaired) electrons. The van der Waals surface area contributed by atoms with E-state index >= 15 is 0 Å². The number of rotatable bonds is 5. The van der Waals surface area contributed by atoms with Gasteiger partial charge in [0.2, 0.25) is 11.8 Å². The van der Waals surface area contributed by atoms with Gasteiger partial charge in [-0.2, -0.15) is 0 Å². The number of halogens is 1. The third-order valence-corrected chi connectivity index (χ3v) is 4.56. The van der Waals surface area contributed by atoms with Gasteiger partial charge in [0.1, 0.15) is 0 Å². The van der Waals surface area contributed by atoms with Crippen molar-refractivity contribution < 1.29 is 9.59 Å². The largest absolute Gasteiger partial charge is 0.340 e. The molecule has 23 heavy (non-hydrogen) atoms. The van der Waals surface area contributed by atoms with Crippen LogP contribution < -0.4 is 4.90 Å². The van der Waals surface area contributed by atoms with Gasteiger partial charge in [-0.3, -0.25) is 9.59 Å². The molecule has 0 spiro atoms. The predicted octanol–water partition coefficient (Wildman–Crippen LogP) is 2.25. The lowest BCUT2D eigenvalue weighted by Gasteiger charge is -2.34. The molecule has 1 saturated heterocycles. The summed E-state index contributed by atoms with van der Waals surface area (Å²) in [4.78, 5) is 30.1. The molecular formula is C17H24ClN3O2. The average Bonchev–Trinajstić information content (AvgIpc) is 2.56. The third-order valence-electron chi connectivity index (χ3n) is 4.24. The summed E-state index contributed by atoms with van der Waals surface area (Å²) in [5.41, 5.74) is 0.658. The van der Waals surface area contributed by atoms with Gasteiger partial charge in [0, 0.05) is 46.1 Å². The number of benzene rings is 1. The molecule has 0 bridgehead atoms. The Bertz CT molecular complexity index is 557. The van der Waals surface area contributed by atoms with Crippen molar-refractivity contribution in [3.8, 4) is 0 Å². The van der Waals surface area contributed by atoms with E-state index in [-0.39, 0.29) is 11.8 Å². The summed E-state index contributed by atoms with van der Waals surface area (Å²) in [6.45, 7) is 8.36. The van der Waals surface area contributed by atoms with Crippen LogP contribution in [0.1, 0.15) is 20.3 Å². The zero-order valence-corrected chi connectivity index (χ0v) is 14.6. The summed E-state index contributed by atoms with van der Waals surface area (Å²) in [7, 11) is 0. The van der Waals surface area contributed by atoms with Crippen LogP contribution in [-0.4, -0.2) is 60.9 Å². The van der Waals surface area contributed by atoms with Gasteiger partial charge in [-0.1, -0.05) is 30.7 Å². The molecule has 0 saturated carbocycles. The SMILES string of the molecule is CCN1CCN(C(=O)CCN(C(C)=O)c2ccccc2Cl)CC1. The van der Waals surface area contributed by atoms with E-state index in [0.29, 0.717) is 23.7 Å². The molecule has 0 unspecified atom stereocenters. The van der Waals surface area contributed by atoms with Gasteiger partial charge in [-0.25, -0.2) is 0 Å². The number of hydrogen-bond acceptors (Lipinski definition) is 3. The number of carbonyl (C=O) groups is 2. The van der Waals surface area contributed by atoms with Crippen LogP contribution in [0.2, 0.25) is 5.02 Å². The summed E-state index contributed by atoms with van der Waals surface area (Å²) in [6.07, 6.45) is 0.316. The normalized spacial score (nSPS) is 15.5. The van der Waals surface area contributed by atoms with Crippen LogP contribution in [-0.2, 0) is 9.59 Å². The standard InChI is InChI=1S/C17H24ClN3O2/c1-3-19-10-12-20(13-11-19)17(23)8-9-21(14(2)22)16-7-5-4-6-15(16)18/h4-7H,3,8-13H2,1-2H3. The van der Waals surface area contributed by atoms with Gasteiger partial charge in [0.15, 0.2) is 0 Å². The number of likely N-dealkylation sites (N-methyl/N-ethyl adjacent to an activating group) is 1. The maximum absolute atomic E-state index is 12.4. The Kier molecular flexibility index (Phi) is 6.42. The predicted molar refractivity (Wildman–Crippen MR) is 92.8 cm³/mol. The Balaban J connectivity index is 1.93. The Morgan fingerprint density at radius 1 is 1.17 bits per heavy atom. The highest BCUT2D eigenvalue weighted by Crippen LogP contribution is 2.25. The Morgan fingerprint density at radius 2 is 1.83 bits per heavy atom. The molecule has 5 nitrogen and oxygen atoms in total. The monoisotopic (exact) mass is 337 g/mol. The Labute approximate surface area is 142 Å². The molecule has 0 aliphatic carbocycles. The maximum Gasteiger partial charge on any atom is 0.224 e. The van der Waals surface area contributed by atoms with E-state index in [9.17, 15) is 9.59 Å². The third kappa shape index (κ3) is 4.69. The minimum atomic E-state index is -0.110. The lowest BCUT2D eigenvalue weighted by molar-refractivity contribution is -0.132. The van der Waals surface area contributed by atoms with Crippen molar-refractivity contribution in [1.29, 1.82) is 0 Å². The van der Waals surface area contributed by atoms with Crippen molar-refractivity contribution in [3.05, 3.63) is 29.3 Å². The van der Waals surface area contributed by atoms with Gasteiger partial charge in [0.25, 0.3) is 0 Å². The topological polar surface area (TPSA) is 43.9 Å². The van der Waals surface area contributed by atoms with E-state index in [1.54, 1.807) is 17.0 Å². The zero-order chi connectivity index (χ0) is 16.8. The van der Waals surface area contributed by atoms with Crippen molar-refractivity contribution >= 4 is 29.1 Å². The van der Waals surface area contributed by atoms with Crippen LogP contribution in [0.25, 0.3) is 0 Å². The smallest absolute Gasteiger partial charge is 0.224 e. The number of para-hydroxylation sites is 1. The average molecular weight is 338 g/mol. The highest BCUT2D eigenvalue weighted by Gasteiger charge is 2.22. The molecule has 1 aliphatic rings. The van der Waals surface area contributed by atoms with E-state index < -0.39 is 0 Å². The summed E-state index contributed by atoms with van der Waals surface area (Å²) < 4.78 is 0. The van der Waals surface area contributed by atoms with E-state index in [1.807, 2.05) is 17.0 Å². The number of anilines is 1. The second-order valence-electron chi connectivity index (χ2n) is 5.69. The van der Waals surface area contributed by atoms with Crippen LogP contribution in [0.4, 0.5) is 5.69 Å². The zero-order valence-electron chi connectivity index (χ0n) is 13.8. The summed E-state index contributed by atoms with van der Waals surface area (Å²) in [5.74, 6) is -0.0132. The molecule has 2 rings (SSSR count). The van der Waals surface area contributed by atoms with Crippen LogP contribution in [0.5, 0.6) is 0 Å². The summed E-state index contributed by atoms with van der Waals surface area (Å²) in [6, 6.07) is 7.21. The Morgan fingerprint density at radius 3 is 2.39 bits per heavy atom. The van der Waals surface area contributed by atoms with E-state index in [0.717, 1.165) is 32.7 Å². The molecule has 1 aliphatic heterocycles. The van der Waals surface area contributed by atoms with Crippen LogP contribution in [0, 0.1) is 0 Å². The second kappa shape index (κ2) is 8.31. The van der Waals surface area contributed by atoms with Gasteiger partial charge >= 0.3 is 0 Å². The molecule has 6 heteroatoms. The number of amides is 2. The fourth-order valence-electron chi connectivity index (χ4n) is 2.80. The van der Waals surface area contributed by atoms with Crippen molar-refractivity contribution in [3.63, 3.8) is 0 Å². The molecule has 0 N–H and O–H groups in total. The number of piperazine rings is 1. The molecule has 0 aromatic heterocycles. The molecule has 0 atom stereocenters. The van der Waals surface area contributed by atoms with Crippen molar-refractivity contribution in [2.24, 2.45) is 0 Å². The molecular weight excluding hydrogens is 314 g/mol. The summed E-state index contributed by atoms with van der Waals surface area (Å²) in [5, 5.41) is 0.520. The first-order valence-corrected chi connectivity index (χ1v) is 8.43. The lowest BCUT2D eigenvalue weighted by Crippen LogP contribution is -2.49. The van der Waals surface area contributed by atoms with Crippen LogP contribution >= 0.6 is 11.6 Å². The number of nitrogens with zero attached hydrogens (tertiary/aromatic N) is 3. The molecule has 1 aromatic rings. The van der Waals surface area contributed by atoms with Crippen LogP contribution in [0.15, 0.2) is 24.3 Å². The lowest BCUT2D eigenvalue weighted by atomic mass is 10.2. The summed E-state index contributed by atoms with van der Waals surface area (Å²) >= 11 is 6.16. The van der Waals surface area contributed by atoms with Crippen LogP contribution in [0.3, 0.4) is 0 Å². The van der Waals surface area contributed by atoms with E-state index in [1.165, 1.54) is 6.92 Å². The first-order valence-electron chi connectivity index (χ1n) is 8.05. The van der Waals surface area contributed by atoms with Gasteiger partial charge < -0.3 is 14.7 Å². The quantitative estimate of drug-likeness (QED) is 0.827. The van der Waals surface area contributed by atoms with Gasteiger partial charge in [-0.05, 0) is 18.7 Å². The fraction of sp³-hybridized carbons (Fsp3) is 0.529. The first-order chi connectivity index (χ1) is 11.0. The first kappa shape index (κ1) is 17.8. The molecule has 126 valence electrons. The second-order valence-corrected chi connectivity index (χ2v) is 6.09. The molecule has 1 aromatic carbocycles. The Hall–Kier alpha value is -1.59. The highest BCUT2D eigenvalue weighted by molar-refractivity contribution is 6.33. The minimum Gasteiger partial charge on any atom is -0.340 e. The van der Waals surface area contributed by atoms with Crippen molar-refractivity contribution in [2.75, 3.05) is 44.2 Å². The van der Waals surface area contributed by atoms with E-state index in [4.69, 9.17) is 11.6 Å². The minimum absolute atomic E-state index is 0.0963. The number of hydrogen-bond donors (Lipinski definition) is 0. The number of carbonyl (C=O) groups excluding carboxylic acids is 2. The fourth-order valence-corrected chi connectivity index (χ4v) is 3.03. The molecule has 2 amide bonds. The van der Waals surface area contributed by atoms with Gasteiger partial charge in [0.05, 0.1) is 10.7 Å². The van der Waals surface area contributed by atoms with Crippen molar-refractivity contribution in [2.45, 2.75) is 20.3 Å². The van der Waals surface area contributed by atoms with Crippen molar-refractivity contribution in [1.82, 2.24) is 9.80 Å². The van der Waals surface area contributed by atoms with Gasteiger partial charge in [-0.15, -0.1) is 0 Å². The maximum atomic E-state index is 12.4. The van der Waals surface area contributed by atoms with E-state index in [2.05, 4.69) is 11.8 Å². The highest BCUT2D eigenvalue weighted by atomic mass is 35.5.